The number of rotatable bonds is 4. The molecule has 4 nitrogen and oxygen atoms in total. The van der Waals surface area contributed by atoms with Crippen LogP contribution in [0.1, 0.15) is 15.4 Å². The number of aromatic nitrogens is 2. The van der Waals surface area contributed by atoms with Crippen molar-refractivity contribution in [2.75, 3.05) is 0 Å². The third kappa shape index (κ3) is 3.31. The molecule has 2 heterocycles. The monoisotopic (exact) mass is 410 g/mol. The fraction of sp³-hybridized carbons (Fsp3) is 0. The van der Waals surface area contributed by atoms with E-state index in [4.69, 9.17) is 4.74 Å². The zero-order valence-corrected chi connectivity index (χ0v) is 15.3. The molecule has 6 heteroatoms. The summed E-state index contributed by atoms with van der Waals surface area (Å²) in [5, 5.41) is 0.488. The molecule has 25 heavy (non-hydrogen) atoms. The largest absolute Gasteiger partial charge is 0.438 e. The third-order valence-corrected chi connectivity index (χ3v) is 5.18. The molecule has 0 atom stereocenters. The van der Waals surface area contributed by atoms with Crippen molar-refractivity contribution in [3.63, 3.8) is 0 Å². The van der Waals surface area contributed by atoms with E-state index in [1.807, 2.05) is 36.4 Å². The van der Waals surface area contributed by atoms with E-state index < -0.39 is 0 Å². The van der Waals surface area contributed by atoms with E-state index in [0.717, 1.165) is 14.7 Å². The van der Waals surface area contributed by atoms with E-state index in [2.05, 4.69) is 25.9 Å². The van der Waals surface area contributed by atoms with Crippen molar-refractivity contribution >= 4 is 43.3 Å². The first kappa shape index (κ1) is 15.9. The number of benzene rings is 2. The molecule has 4 aromatic rings. The van der Waals surface area contributed by atoms with Crippen molar-refractivity contribution < 1.29 is 9.53 Å². The highest BCUT2D eigenvalue weighted by molar-refractivity contribution is 9.10. The molecule has 122 valence electrons. The van der Waals surface area contributed by atoms with Crippen LogP contribution < -0.4 is 4.74 Å². The van der Waals surface area contributed by atoms with Crippen LogP contribution in [0.15, 0.2) is 71.3 Å². The fourth-order valence-corrected chi connectivity index (χ4v) is 3.59. The van der Waals surface area contributed by atoms with E-state index in [0.29, 0.717) is 22.2 Å². The van der Waals surface area contributed by atoms with Gasteiger partial charge in [0.25, 0.3) is 0 Å². The average Bonchev–Trinajstić information content (AvgIpc) is 3.08. The van der Waals surface area contributed by atoms with Crippen LogP contribution in [-0.4, -0.2) is 15.8 Å². The number of halogens is 1. The number of hydrogen-bond acceptors (Lipinski definition) is 5. The van der Waals surface area contributed by atoms with E-state index in [1.54, 1.807) is 30.5 Å². The Morgan fingerprint density at radius 3 is 2.56 bits per heavy atom. The minimum atomic E-state index is -0.0910. The topological polar surface area (TPSA) is 52.1 Å². The molecule has 0 radical (unpaired) electrons. The molecule has 0 unspecified atom stereocenters. The first-order chi connectivity index (χ1) is 12.2. The number of carbonyl (C=O) groups excluding carboxylic acids is 1. The zero-order valence-electron chi connectivity index (χ0n) is 12.8. The lowest BCUT2D eigenvalue weighted by Gasteiger charge is -2.06. The summed E-state index contributed by atoms with van der Waals surface area (Å²) in [5.41, 5.74) is 1.42. The molecule has 0 saturated heterocycles. The van der Waals surface area contributed by atoms with Crippen molar-refractivity contribution in [1.82, 2.24) is 9.97 Å². The van der Waals surface area contributed by atoms with E-state index in [1.165, 1.54) is 11.3 Å². The molecule has 2 aromatic carbocycles. The second kappa shape index (κ2) is 6.74. The maximum atomic E-state index is 12.6. The Labute approximate surface area is 156 Å². The van der Waals surface area contributed by atoms with Crippen LogP contribution in [0.25, 0.3) is 10.2 Å². The molecule has 0 aliphatic heterocycles. The highest BCUT2D eigenvalue weighted by Gasteiger charge is 2.14. The normalized spacial score (nSPS) is 10.8. The molecule has 0 spiro atoms. The number of fused-ring (bicyclic) bond motifs is 1. The molecule has 0 aliphatic rings. The van der Waals surface area contributed by atoms with Gasteiger partial charge >= 0.3 is 0 Å². The van der Waals surface area contributed by atoms with Crippen LogP contribution in [0.5, 0.6) is 11.6 Å². The predicted molar refractivity (Wildman–Crippen MR) is 102 cm³/mol. The van der Waals surface area contributed by atoms with Gasteiger partial charge in [-0.1, -0.05) is 12.1 Å². The molecule has 0 saturated carbocycles. The molecule has 0 amide bonds. The van der Waals surface area contributed by atoms with E-state index >= 15 is 0 Å². The van der Waals surface area contributed by atoms with Crippen LogP contribution in [0, 0.1) is 0 Å². The molecule has 2 aromatic heterocycles. The molecular weight excluding hydrogens is 400 g/mol. The standard InChI is InChI=1S/C19H11BrN2O2S/c20-14-4-3-11-21-18(14)24-13-9-7-12(8-10-13)17(23)19-22-15-5-1-2-6-16(15)25-19/h1-11H. The summed E-state index contributed by atoms with van der Waals surface area (Å²) in [4.78, 5) is 21.2. The first-order valence-electron chi connectivity index (χ1n) is 7.49. The summed E-state index contributed by atoms with van der Waals surface area (Å²) in [6, 6.07) is 18.4. The summed E-state index contributed by atoms with van der Waals surface area (Å²) in [7, 11) is 0. The number of ketones is 1. The Balaban J connectivity index is 1.57. The summed E-state index contributed by atoms with van der Waals surface area (Å²) >= 11 is 4.79. The van der Waals surface area contributed by atoms with Crippen molar-refractivity contribution in [3.05, 3.63) is 81.9 Å². The molecule has 0 fully saturated rings. The number of thiazole rings is 1. The predicted octanol–water partition coefficient (Wildman–Crippen LogP) is 5.48. The average molecular weight is 411 g/mol. The van der Waals surface area contributed by atoms with Crippen LogP contribution in [0.3, 0.4) is 0 Å². The van der Waals surface area contributed by atoms with Gasteiger partial charge in [-0.15, -0.1) is 11.3 Å². The van der Waals surface area contributed by atoms with Crippen LogP contribution in [0.4, 0.5) is 0 Å². The lowest BCUT2D eigenvalue weighted by Crippen LogP contribution is -2.00. The maximum absolute atomic E-state index is 12.6. The van der Waals surface area contributed by atoms with Crippen LogP contribution in [-0.2, 0) is 0 Å². The summed E-state index contributed by atoms with van der Waals surface area (Å²) in [5.74, 6) is 1.000. The third-order valence-electron chi connectivity index (χ3n) is 3.54. The molecule has 0 bridgehead atoms. The van der Waals surface area contributed by atoms with Crippen molar-refractivity contribution in [3.8, 4) is 11.6 Å². The summed E-state index contributed by atoms with van der Waals surface area (Å²) in [6.45, 7) is 0. The van der Waals surface area contributed by atoms with Gasteiger partial charge in [-0.25, -0.2) is 9.97 Å². The minimum Gasteiger partial charge on any atom is -0.438 e. The molecule has 0 aliphatic carbocycles. The van der Waals surface area contributed by atoms with Gasteiger partial charge in [-0.2, -0.15) is 0 Å². The zero-order chi connectivity index (χ0) is 17.2. The molecule has 0 N–H and O–H groups in total. The number of carbonyl (C=O) groups is 1. The van der Waals surface area contributed by atoms with Gasteiger partial charge in [-0.3, -0.25) is 4.79 Å². The lowest BCUT2D eigenvalue weighted by molar-refractivity contribution is 0.103. The van der Waals surface area contributed by atoms with Gasteiger partial charge in [-0.05, 0) is 64.5 Å². The highest BCUT2D eigenvalue weighted by atomic mass is 79.9. The quantitative estimate of drug-likeness (QED) is 0.418. The maximum Gasteiger partial charge on any atom is 0.233 e. The van der Waals surface area contributed by atoms with Crippen LogP contribution in [0.2, 0.25) is 0 Å². The Morgan fingerprint density at radius 2 is 1.80 bits per heavy atom. The van der Waals surface area contributed by atoms with Gasteiger partial charge in [0.2, 0.25) is 11.7 Å². The number of hydrogen-bond donors (Lipinski definition) is 0. The second-order valence-corrected chi connectivity index (χ2v) is 7.12. The van der Waals surface area contributed by atoms with E-state index in [-0.39, 0.29) is 5.78 Å². The van der Waals surface area contributed by atoms with Gasteiger partial charge in [0.1, 0.15) is 5.75 Å². The Morgan fingerprint density at radius 1 is 1.00 bits per heavy atom. The Hall–Kier alpha value is -2.57. The Kier molecular flexibility index (Phi) is 4.29. The SMILES string of the molecule is O=C(c1ccc(Oc2ncccc2Br)cc1)c1nc2ccccc2s1. The minimum absolute atomic E-state index is 0.0910. The van der Waals surface area contributed by atoms with Gasteiger partial charge in [0.15, 0.2) is 5.01 Å². The van der Waals surface area contributed by atoms with Crippen molar-refractivity contribution in [2.24, 2.45) is 0 Å². The highest BCUT2D eigenvalue weighted by Crippen LogP contribution is 2.28. The number of pyridine rings is 1. The fourth-order valence-electron chi connectivity index (χ4n) is 2.33. The number of nitrogens with zero attached hydrogens (tertiary/aromatic N) is 2. The number of ether oxygens (including phenoxy) is 1. The first-order valence-corrected chi connectivity index (χ1v) is 9.10. The molecule has 4 rings (SSSR count). The lowest BCUT2D eigenvalue weighted by atomic mass is 10.1. The second-order valence-electron chi connectivity index (χ2n) is 5.23. The van der Waals surface area contributed by atoms with Crippen molar-refractivity contribution in [1.29, 1.82) is 0 Å². The molecular formula is C19H11BrN2O2S. The van der Waals surface area contributed by atoms with E-state index in [9.17, 15) is 4.79 Å². The number of para-hydroxylation sites is 1. The van der Waals surface area contributed by atoms with Gasteiger partial charge in [0, 0.05) is 11.8 Å². The summed E-state index contributed by atoms with van der Waals surface area (Å²) in [6.07, 6.45) is 1.66. The van der Waals surface area contributed by atoms with Crippen LogP contribution >= 0.6 is 27.3 Å². The smallest absolute Gasteiger partial charge is 0.233 e. The summed E-state index contributed by atoms with van der Waals surface area (Å²) < 4.78 is 7.49. The van der Waals surface area contributed by atoms with Gasteiger partial charge in [0.05, 0.1) is 14.7 Å². The van der Waals surface area contributed by atoms with Crippen molar-refractivity contribution in [2.45, 2.75) is 0 Å². The van der Waals surface area contributed by atoms with Gasteiger partial charge < -0.3 is 4.74 Å². The Bertz CT molecular complexity index is 1030.